The molecule has 0 aliphatic carbocycles. The summed E-state index contributed by atoms with van der Waals surface area (Å²) in [6.45, 7) is 0.647. The molecule has 0 unspecified atom stereocenters. The van der Waals surface area contributed by atoms with E-state index < -0.39 is 15.8 Å². The number of hydrogen-bond donors (Lipinski definition) is 2. The van der Waals surface area contributed by atoms with Crippen LogP contribution in [-0.2, 0) is 16.6 Å². The van der Waals surface area contributed by atoms with Crippen LogP contribution in [0, 0.1) is 5.82 Å². The van der Waals surface area contributed by atoms with Crippen LogP contribution in [0.25, 0.3) is 0 Å². The molecule has 2 aromatic carbocycles. The van der Waals surface area contributed by atoms with E-state index in [1.54, 1.807) is 12.1 Å². The van der Waals surface area contributed by atoms with Gasteiger partial charge in [0.2, 0.25) is 0 Å². The molecule has 0 aliphatic heterocycles. The SMILES string of the molecule is CNCc1ccc(S(=O)(=O)Nc2cc(Br)ccc2F)cc1. The molecule has 0 fully saturated rings. The number of hydrogen-bond acceptors (Lipinski definition) is 3. The lowest BCUT2D eigenvalue weighted by Gasteiger charge is -2.10. The first-order valence-corrected chi connectivity index (χ1v) is 8.41. The van der Waals surface area contributed by atoms with Gasteiger partial charge in [-0.15, -0.1) is 0 Å². The number of sulfonamides is 1. The maximum atomic E-state index is 13.6. The Morgan fingerprint density at radius 1 is 1.14 bits per heavy atom. The van der Waals surface area contributed by atoms with Crippen LogP contribution in [0.1, 0.15) is 5.56 Å². The Labute approximate surface area is 131 Å². The summed E-state index contributed by atoms with van der Waals surface area (Å²) >= 11 is 3.18. The highest BCUT2D eigenvalue weighted by molar-refractivity contribution is 9.10. The van der Waals surface area contributed by atoms with Crippen molar-refractivity contribution in [3.05, 3.63) is 58.3 Å². The van der Waals surface area contributed by atoms with Crippen molar-refractivity contribution in [1.82, 2.24) is 5.32 Å². The Hall–Kier alpha value is -1.44. The van der Waals surface area contributed by atoms with E-state index >= 15 is 0 Å². The van der Waals surface area contributed by atoms with Crippen LogP contribution >= 0.6 is 15.9 Å². The van der Waals surface area contributed by atoms with Crippen LogP contribution in [0.3, 0.4) is 0 Å². The molecule has 2 rings (SSSR count). The Balaban J connectivity index is 2.27. The predicted molar refractivity (Wildman–Crippen MR) is 84.1 cm³/mol. The molecule has 0 aromatic heterocycles. The second-order valence-corrected chi connectivity index (χ2v) is 7.00. The second-order valence-electron chi connectivity index (χ2n) is 4.40. The second kappa shape index (κ2) is 6.55. The quantitative estimate of drug-likeness (QED) is 0.847. The summed E-state index contributed by atoms with van der Waals surface area (Å²) in [6.07, 6.45) is 0. The molecule has 0 atom stereocenters. The maximum Gasteiger partial charge on any atom is 0.261 e. The fraction of sp³-hybridized carbons (Fsp3) is 0.143. The van der Waals surface area contributed by atoms with Crippen molar-refractivity contribution < 1.29 is 12.8 Å². The van der Waals surface area contributed by atoms with Gasteiger partial charge in [0.05, 0.1) is 10.6 Å². The van der Waals surface area contributed by atoms with Crippen LogP contribution < -0.4 is 10.0 Å². The van der Waals surface area contributed by atoms with Crippen molar-refractivity contribution in [1.29, 1.82) is 0 Å². The van der Waals surface area contributed by atoms with Gasteiger partial charge in [-0.25, -0.2) is 12.8 Å². The monoisotopic (exact) mass is 372 g/mol. The fourth-order valence-electron chi connectivity index (χ4n) is 1.77. The first kappa shape index (κ1) is 15.9. The number of benzene rings is 2. The van der Waals surface area contributed by atoms with Crippen LogP contribution in [0.2, 0.25) is 0 Å². The summed E-state index contributed by atoms with van der Waals surface area (Å²) in [5.74, 6) is -0.631. The Bertz CT molecular complexity index is 733. The number of halogens is 2. The van der Waals surface area contributed by atoms with E-state index in [4.69, 9.17) is 0 Å². The van der Waals surface area contributed by atoms with Crippen molar-refractivity contribution in [2.24, 2.45) is 0 Å². The molecule has 7 heteroatoms. The zero-order chi connectivity index (χ0) is 15.5. The van der Waals surface area contributed by atoms with Crippen LogP contribution in [0.4, 0.5) is 10.1 Å². The molecule has 0 saturated heterocycles. The Kier molecular flexibility index (Phi) is 4.97. The summed E-state index contributed by atoms with van der Waals surface area (Å²) in [5.41, 5.74) is 0.869. The van der Waals surface area contributed by atoms with E-state index in [1.165, 1.54) is 30.3 Å². The van der Waals surface area contributed by atoms with Gasteiger partial charge in [0.1, 0.15) is 5.82 Å². The molecule has 0 radical (unpaired) electrons. The van der Waals surface area contributed by atoms with Gasteiger partial charge < -0.3 is 5.32 Å². The molecular weight excluding hydrogens is 359 g/mol. The van der Waals surface area contributed by atoms with Gasteiger partial charge in [0.25, 0.3) is 10.0 Å². The van der Waals surface area contributed by atoms with Crippen molar-refractivity contribution in [3.8, 4) is 0 Å². The fourth-order valence-corrected chi connectivity index (χ4v) is 3.19. The van der Waals surface area contributed by atoms with Crippen molar-refractivity contribution >= 4 is 31.6 Å². The molecule has 0 amide bonds. The maximum absolute atomic E-state index is 13.6. The summed E-state index contributed by atoms with van der Waals surface area (Å²) in [6, 6.07) is 10.5. The topological polar surface area (TPSA) is 58.2 Å². The van der Waals surface area contributed by atoms with Gasteiger partial charge >= 0.3 is 0 Å². The minimum Gasteiger partial charge on any atom is -0.316 e. The van der Waals surface area contributed by atoms with Crippen molar-refractivity contribution in [2.45, 2.75) is 11.4 Å². The van der Waals surface area contributed by atoms with Crippen molar-refractivity contribution in [3.63, 3.8) is 0 Å². The number of rotatable bonds is 5. The Morgan fingerprint density at radius 3 is 2.43 bits per heavy atom. The minimum absolute atomic E-state index is 0.0849. The first-order valence-electron chi connectivity index (χ1n) is 6.14. The highest BCUT2D eigenvalue weighted by atomic mass is 79.9. The minimum atomic E-state index is -3.82. The van der Waals surface area contributed by atoms with Gasteiger partial charge in [-0.2, -0.15) is 0 Å². The summed E-state index contributed by atoms with van der Waals surface area (Å²) in [4.78, 5) is 0.0849. The summed E-state index contributed by atoms with van der Waals surface area (Å²) < 4.78 is 40.9. The molecule has 0 saturated carbocycles. The van der Waals surface area contributed by atoms with E-state index in [9.17, 15) is 12.8 Å². The van der Waals surface area contributed by atoms with Crippen LogP contribution in [0.15, 0.2) is 51.8 Å². The third kappa shape index (κ3) is 4.03. The number of anilines is 1. The molecule has 0 bridgehead atoms. The molecule has 0 heterocycles. The first-order chi connectivity index (χ1) is 9.92. The summed E-state index contributed by atoms with van der Waals surface area (Å²) in [7, 11) is -2.01. The van der Waals surface area contributed by atoms with Gasteiger partial charge in [-0.3, -0.25) is 4.72 Å². The summed E-state index contributed by atoms with van der Waals surface area (Å²) in [5, 5.41) is 2.98. The molecule has 112 valence electrons. The van der Waals surface area contributed by atoms with E-state index in [0.717, 1.165) is 5.56 Å². The van der Waals surface area contributed by atoms with E-state index in [0.29, 0.717) is 11.0 Å². The third-order valence-electron chi connectivity index (χ3n) is 2.79. The molecule has 4 nitrogen and oxygen atoms in total. The molecule has 2 N–H and O–H groups in total. The highest BCUT2D eigenvalue weighted by Crippen LogP contribution is 2.23. The zero-order valence-electron chi connectivity index (χ0n) is 11.2. The molecule has 0 aliphatic rings. The lowest BCUT2D eigenvalue weighted by atomic mass is 10.2. The van der Waals surface area contributed by atoms with Gasteiger partial charge in [0, 0.05) is 11.0 Å². The Morgan fingerprint density at radius 2 is 1.81 bits per heavy atom. The van der Waals surface area contributed by atoms with Crippen molar-refractivity contribution in [2.75, 3.05) is 11.8 Å². The van der Waals surface area contributed by atoms with Gasteiger partial charge in [0.15, 0.2) is 0 Å². The average molecular weight is 373 g/mol. The lowest BCUT2D eigenvalue weighted by Crippen LogP contribution is -2.14. The predicted octanol–water partition coefficient (Wildman–Crippen LogP) is 3.11. The smallest absolute Gasteiger partial charge is 0.261 e. The van der Waals surface area contributed by atoms with E-state index in [-0.39, 0.29) is 10.6 Å². The normalized spacial score (nSPS) is 11.4. The molecule has 21 heavy (non-hydrogen) atoms. The molecule has 2 aromatic rings. The lowest BCUT2D eigenvalue weighted by molar-refractivity contribution is 0.598. The van der Waals surface area contributed by atoms with E-state index in [2.05, 4.69) is 26.0 Å². The molecule has 0 spiro atoms. The van der Waals surface area contributed by atoms with Gasteiger partial charge in [-0.05, 0) is 42.9 Å². The van der Waals surface area contributed by atoms with Gasteiger partial charge in [-0.1, -0.05) is 28.1 Å². The van der Waals surface area contributed by atoms with Crippen LogP contribution in [-0.4, -0.2) is 15.5 Å². The highest BCUT2D eigenvalue weighted by Gasteiger charge is 2.16. The number of nitrogens with one attached hydrogen (secondary N) is 2. The largest absolute Gasteiger partial charge is 0.316 e. The zero-order valence-corrected chi connectivity index (χ0v) is 13.6. The third-order valence-corrected chi connectivity index (χ3v) is 4.66. The van der Waals surface area contributed by atoms with E-state index in [1.807, 2.05) is 7.05 Å². The standard InChI is InChI=1S/C14H14BrFN2O2S/c1-17-9-10-2-5-12(6-3-10)21(19,20)18-14-8-11(15)4-7-13(14)16/h2-8,17-18H,9H2,1H3. The van der Waals surface area contributed by atoms with Crippen LogP contribution in [0.5, 0.6) is 0 Å². The molecular formula is C14H14BrFN2O2S. The average Bonchev–Trinajstić information content (AvgIpc) is 2.44.